The fraction of sp³-hybridized carbons (Fsp3) is 0.0667. The van der Waals surface area contributed by atoms with Crippen molar-refractivity contribution < 1.29 is 9.66 Å². The molecule has 6 nitrogen and oxygen atoms in total. The Morgan fingerprint density at radius 3 is 2.77 bits per heavy atom. The Morgan fingerprint density at radius 1 is 1.18 bits per heavy atom. The molecule has 0 bridgehead atoms. The first-order chi connectivity index (χ1) is 10.7. The maximum atomic E-state index is 10.9. The molecule has 0 saturated carbocycles. The minimum absolute atomic E-state index is 0.0531. The van der Waals surface area contributed by atoms with Gasteiger partial charge in [0.1, 0.15) is 11.6 Å². The van der Waals surface area contributed by atoms with E-state index in [-0.39, 0.29) is 18.0 Å². The third-order valence-electron chi connectivity index (χ3n) is 2.87. The molecule has 0 aliphatic carbocycles. The second-order valence-corrected chi connectivity index (χ2v) is 5.23. The van der Waals surface area contributed by atoms with Gasteiger partial charge in [-0.1, -0.05) is 18.2 Å². The van der Waals surface area contributed by atoms with Gasteiger partial charge in [-0.25, -0.2) is 4.98 Å². The Bertz CT molecular complexity index is 789. The lowest BCUT2D eigenvalue weighted by Gasteiger charge is -2.04. The molecular weight excluding hydrogens is 302 g/mol. The van der Waals surface area contributed by atoms with Gasteiger partial charge in [-0.2, -0.15) is 0 Å². The molecule has 7 heteroatoms. The molecule has 2 heterocycles. The fourth-order valence-electron chi connectivity index (χ4n) is 1.86. The summed E-state index contributed by atoms with van der Waals surface area (Å²) in [6.07, 6.45) is 1.71. The minimum Gasteiger partial charge on any atom is -0.480 e. The summed E-state index contributed by atoms with van der Waals surface area (Å²) < 4.78 is 5.52. The lowest BCUT2D eigenvalue weighted by molar-refractivity contribution is -0.385. The maximum Gasteiger partial charge on any atom is 0.310 e. The van der Waals surface area contributed by atoms with E-state index in [0.29, 0.717) is 5.69 Å². The topological polar surface area (TPSA) is 78.2 Å². The van der Waals surface area contributed by atoms with Crippen LogP contribution in [-0.4, -0.2) is 14.9 Å². The van der Waals surface area contributed by atoms with Crippen LogP contribution < -0.4 is 4.74 Å². The van der Waals surface area contributed by atoms with Crippen LogP contribution in [0.25, 0.3) is 10.7 Å². The summed E-state index contributed by atoms with van der Waals surface area (Å²) >= 11 is 1.46. The van der Waals surface area contributed by atoms with Gasteiger partial charge in [0.2, 0.25) is 0 Å². The second-order valence-electron chi connectivity index (χ2n) is 4.37. The van der Waals surface area contributed by atoms with Gasteiger partial charge in [-0.05, 0) is 18.2 Å². The van der Waals surface area contributed by atoms with Gasteiger partial charge in [0.05, 0.1) is 16.3 Å². The number of para-hydroxylation sites is 2. The highest BCUT2D eigenvalue weighted by Crippen LogP contribution is 2.27. The third-order valence-corrected chi connectivity index (χ3v) is 3.79. The Labute approximate surface area is 130 Å². The van der Waals surface area contributed by atoms with Crippen LogP contribution in [0.5, 0.6) is 5.75 Å². The maximum absolute atomic E-state index is 10.9. The molecule has 110 valence electrons. The fourth-order valence-corrected chi connectivity index (χ4v) is 2.64. The number of nitrogens with zero attached hydrogens (tertiary/aromatic N) is 3. The first-order valence-corrected chi connectivity index (χ1v) is 7.34. The van der Waals surface area contributed by atoms with E-state index in [9.17, 15) is 10.1 Å². The SMILES string of the molecule is O=[N+]([O-])c1ccccc1OCc1csc(-c2ccccn2)n1. The summed E-state index contributed by atoms with van der Waals surface area (Å²) in [5.41, 5.74) is 1.45. The predicted octanol–water partition coefficient (Wildman–Crippen LogP) is 3.69. The van der Waals surface area contributed by atoms with E-state index in [0.717, 1.165) is 10.7 Å². The molecule has 0 fully saturated rings. The average molecular weight is 313 g/mol. The van der Waals surface area contributed by atoms with E-state index in [1.165, 1.54) is 17.4 Å². The van der Waals surface area contributed by atoms with E-state index in [4.69, 9.17) is 4.74 Å². The van der Waals surface area contributed by atoms with Gasteiger partial charge >= 0.3 is 5.69 Å². The van der Waals surface area contributed by atoms with Crippen LogP contribution in [0.15, 0.2) is 54.0 Å². The zero-order valence-electron chi connectivity index (χ0n) is 11.4. The van der Waals surface area contributed by atoms with Crippen molar-refractivity contribution in [1.82, 2.24) is 9.97 Å². The van der Waals surface area contributed by atoms with E-state index in [2.05, 4.69) is 9.97 Å². The van der Waals surface area contributed by atoms with Crippen LogP contribution in [0.1, 0.15) is 5.69 Å². The van der Waals surface area contributed by atoms with Crippen LogP contribution in [0.4, 0.5) is 5.69 Å². The molecule has 0 unspecified atom stereocenters. The molecule has 0 radical (unpaired) electrons. The van der Waals surface area contributed by atoms with E-state index in [1.54, 1.807) is 24.4 Å². The first-order valence-electron chi connectivity index (χ1n) is 6.46. The van der Waals surface area contributed by atoms with E-state index < -0.39 is 4.92 Å². The van der Waals surface area contributed by atoms with Crippen molar-refractivity contribution in [2.24, 2.45) is 0 Å². The zero-order valence-corrected chi connectivity index (χ0v) is 12.2. The molecule has 0 N–H and O–H groups in total. The number of thiazole rings is 1. The van der Waals surface area contributed by atoms with Gasteiger partial charge in [0.25, 0.3) is 0 Å². The highest BCUT2D eigenvalue weighted by atomic mass is 32.1. The number of nitro groups is 1. The molecule has 22 heavy (non-hydrogen) atoms. The third kappa shape index (κ3) is 3.09. The lowest BCUT2D eigenvalue weighted by atomic mass is 10.3. The number of nitro benzene ring substituents is 1. The van der Waals surface area contributed by atoms with Gasteiger partial charge in [-0.3, -0.25) is 15.1 Å². The van der Waals surface area contributed by atoms with Crippen LogP contribution in [0.2, 0.25) is 0 Å². The monoisotopic (exact) mass is 313 g/mol. The highest BCUT2D eigenvalue weighted by molar-refractivity contribution is 7.13. The average Bonchev–Trinajstić information content (AvgIpc) is 3.03. The largest absolute Gasteiger partial charge is 0.480 e. The van der Waals surface area contributed by atoms with Gasteiger partial charge in [0, 0.05) is 17.6 Å². The summed E-state index contributed by atoms with van der Waals surface area (Å²) in [7, 11) is 0. The minimum atomic E-state index is -0.463. The van der Waals surface area contributed by atoms with Crippen molar-refractivity contribution >= 4 is 17.0 Å². The summed E-state index contributed by atoms with van der Waals surface area (Å²) in [6.45, 7) is 0.175. The number of hydrogen-bond acceptors (Lipinski definition) is 6. The number of rotatable bonds is 5. The van der Waals surface area contributed by atoms with Crippen LogP contribution >= 0.6 is 11.3 Å². The van der Waals surface area contributed by atoms with Crippen molar-refractivity contribution in [3.63, 3.8) is 0 Å². The molecule has 0 saturated heterocycles. The predicted molar refractivity (Wildman–Crippen MR) is 82.8 cm³/mol. The highest BCUT2D eigenvalue weighted by Gasteiger charge is 2.14. The smallest absolute Gasteiger partial charge is 0.310 e. The molecule has 0 spiro atoms. The van der Waals surface area contributed by atoms with Gasteiger partial charge < -0.3 is 4.74 Å². The van der Waals surface area contributed by atoms with Crippen molar-refractivity contribution in [3.8, 4) is 16.5 Å². The number of pyridine rings is 1. The molecule has 0 aliphatic rings. The molecule has 3 aromatic rings. The standard InChI is InChI=1S/C15H11N3O3S/c19-18(20)13-6-1-2-7-14(13)21-9-11-10-22-15(17-11)12-5-3-4-8-16-12/h1-8,10H,9H2. The van der Waals surface area contributed by atoms with Crippen LogP contribution in [0.3, 0.4) is 0 Å². The molecule has 3 rings (SSSR count). The van der Waals surface area contributed by atoms with Crippen molar-refractivity contribution in [2.45, 2.75) is 6.61 Å². The summed E-state index contributed by atoms with van der Waals surface area (Å²) in [5.74, 6) is 0.236. The van der Waals surface area contributed by atoms with Gasteiger partial charge in [0.15, 0.2) is 5.75 Å². The quantitative estimate of drug-likeness (QED) is 0.530. The Hall–Kier alpha value is -2.80. The zero-order chi connectivity index (χ0) is 15.4. The molecule has 0 atom stereocenters. The molecule has 0 amide bonds. The summed E-state index contributed by atoms with van der Waals surface area (Å²) in [6, 6.07) is 11.9. The number of aromatic nitrogens is 2. The number of ether oxygens (including phenoxy) is 1. The normalized spacial score (nSPS) is 10.4. The second kappa shape index (κ2) is 6.31. The summed E-state index contributed by atoms with van der Waals surface area (Å²) in [4.78, 5) is 19.1. The van der Waals surface area contributed by atoms with Crippen LogP contribution in [-0.2, 0) is 6.61 Å². The number of hydrogen-bond donors (Lipinski definition) is 0. The first kappa shape index (κ1) is 14.2. The molecule has 2 aromatic heterocycles. The van der Waals surface area contributed by atoms with E-state index in [1.807, 2.05) is 23.6 Å². The van der Waals surface area contributed by atoms with Gasteiger partial charge in [-0.15, -0.1) is 11.3 Å². The van der Waals surface area contributed by atoms with E-state index >= 15 is 0 Å². The lowest BCUT2D eigenvalue weighted by Crippen LogP contribution is -1.99. The summed E-state index contributed by atoms with van der Waals surface area (Å²) in [5, 5.41) is 13.6. The van der Waals surface area contributed by atoms with Crippen molar-refractivity contribution in [2.75, 3.05) is 0 Å². The Morgan fingerprint density at radius 2 is 2.00 bits per heavy atom. The van der Waals surface area contributed by atoms with Crippen molar-refractivity contribution in [1.29, 1.82) is 0 Å². The molecular formula is C15H11N3O3S. The Balaban J connectivity index is 1.73. The molecule has 1 aromatic carbocycles. The Kier molecular flexibility index (Phi) is 4.06. The van der Waals surface area contributed by atoms with Crippen LogP contribution in [0, 0.1) is 10.1 Å². The van der Waals surface area contributed by atoms with Crippen molar-refractivity contribution in [3.05, 3.63) is 69.8 Å². The molecule has 0 aliphatic heterocycles. The number of benzene rings is 1.